The normalized spacial score (nSPS) is 14.4. The maximum absolute atomic E-state index is 13.1. The van der Waals surface area contributed by atoms with Crippen LogP contribution in [0.4, 0.5) is 18.9 Å². The number of carbonyl (C=O) groups excluding carboxylic acids is 2. The Labute approximate surface area is 207 Å². The molecule has 0 spiro atoms. The van der Waals surface area contributed by atoms with Crippen LogP contribution >= 0.6 is 0 Å². The van der Waals surface area contributed by atoms with Crippen LogP contribution in [-0.4, -0.2) is 60.9 Å². The highest BCUT2D eigenvalue weighted by Gasteiger charge is 2.33. The predicted octanol–water partition coefficient (Wildman–Crippen LogP) is 4.53. The number of piperazine rings is 1. The molecule has 3 aromatic carbocycles. The minimum Gasteiger partial charge on any atom is -0.483 e. The van der Waals surface area contributed by atoms with Crippen molar-refractivity contribution >= 4 is 17.5 Å². The Morgan fingerprint density at radius 3 is 2.19 bits per heavy atom. The number of carbonyl (C=O) groups is 2. The van der Waals surface area contributed by atoms with Crippen molar-refractivity contribution in [2.75, 3.05) is 44.6 Å². The monoisotopic (exact) mass is 497 g/mol. The average Bonchev–Trinajstić information content (AvgIpc) is 2.88. The van der Waals surface area contributed by atoms with Crippen molar-refractivity contribution < 1.29 is 27.5 Å². The van der Waals surface area contributed by atoms with E-state index in [0.29, 0.717) is 31.9 Å². The number of nitrogens with zero attached hydrogens (tertiary/aromatic N) is 2. The van der Waals surface area contributed by atoms with E-state index >= 15 is 0 Å². The molecule has 1 N–H and O–H groups in total. The molecule has 6 nitrogen and oxygen atoms in total. The number of alkyl halides is 3. The summed E-state index contributed by atoms with van der Waals surface area (Å²) in [5, 5.41) is 2.35. The van der Waals surface area contributed by atoms with Crippen molar-refractivity contribution in [3.63, 3.8) is 0 Å². The second-order valence-corrected chi connectivity index (χ2v) is 8.40. The topological polar surface area (TPSA) is 61.9 Å². The summed E-state index contributed by atoms with van der Waals surface area (Å²) in [7, 11) is 0. The number of para-hydroxylation sites is 2. The molecule has 4 rings (SSSR count). The molecule has 9 heteroatoms. The summed E-state index contributed by atoms with van der Waals surface area (Å²) >= 11 is 0. The lowest BCUT2D eigenvalue weighted by molar-refractivity contribution is -0.137. The minimum atomic E-state index is -4.56. The van der Waals surface area contributed by atoms with Gasteiger partial charge in [0, 0.05) is 31.7 Å². The number of rotatable bonds is 7. The van der Waals surface area contributed by atoms with E-state index in [2.05, 4.69) is 5.32 Å². The van der Waals surface area contributed by atoms with Crippen molar-refractivity contribution in [1.82, 2.24) is 9.80 Å². The highest BCUT2D eigenvalue weighted by molar-refractivity contribution is 5.93. The van der Waals surface area contributed by atoms with E-state index in [1.54, 1.807) is 9.80 Å². The fraction of sp³-hybridized carbons (Fsp3) is 0.259. The van der Waals surface area contributed by atoms with Gasteiger partial charge in [-0.1, -0.05) is 60.7 Å². The molecule has 1 fully saturated rings. The molecule has 0 atom stereocenters. The van der Waals surface area contributed by atoms with Crippen molar-refractivity contribution in [1.29, 1.82) is 0 Å². The maximum Gasteiger partial charge on any atom is 0.418 e. The summed E-state index contributed by atoms with van der Waals surface area (Å²) in [5.74, 6) is -0.0834. The third-order valence-electron chi connectivity index (χ3n) is 5.92. The van der Waals surface area contributed by atoms with Crippen LogP contribution < -0.4 is 10.1 Å². The largest absolute Gasteiger partial charge is 0.483 e. The van der Waals surface area contributed by atoms with Crippen LogP contribution in [0.5, 0.6) is 5.75 Å². The van der Waals surface area contributed by atoms with Gasteiger partial charge in [-0.2, -0.15) is 13.2 Å². The molecule has 0 unspecified atom stereocenters. The highest BCUT2D eigenvalue weighted by atomic mass is 19.4. The number of amides is 2. The second kappa shape index (κ2) is 11.3. The Kier molecular flexibility index (Phi) is 7.90. The molecule has 1 aliphatic heterocycles. The molecule has 188 valence electrons. The van der Waals surface area contributed by atoms with Crippen LogP contribution in [0.1, 0.15) is 5.56 Å². The van der Waals surface area contributed by atoms with Gasteiger partial charge in [-0.25, -0.2) is 0 Å². The van der Waals surface area contributed by atoms with Crippen LogP contribution in [0.2, 0.25) is 0 Å². The van der Waals surface area contributed by atoms with Gasteiger partial charge in [0.2, 0.25) is 5.91 Å². The molecule has 0 bridgehead atoms. The van der Waals surface area contributed by atoms with E-state index in [-0.39, 0.29) is 24.7 Å². The summed E-state index contributed by atoms with van der Waals surface area (Å²) in [6.07, 6.45) is -4.56. The fourth-order valence-electron chi connectivity index (χ4n) is 4.07. The van der Waals surface area contributed by atoms with E-state index in [0.717, 1.165) is 17.2 Å². The first-order valence-corrected chi connectivity index (χ1v) is 11.5. The van der Waals surface area contributed by atoms with Gasteiger partial charge in [0.25, 0.3) is 5.91 Å². The SMILES string of the molecule is O=C(CN1CCN(C(=O)COc2ccccc2-c2ccccc2)CC1)Nc1ccccc1C(F)(F)F. The van der Waals surface area contributed by atoms with Crippen LogP contribution in [0.25, 0.3) is 11.1 Å². The summed E-state index contributed by atoms with van der Waals surface area (Å²) in [6, 6.07) is 22.1. The van der Waals surface area contributed by atoms with E-state index in [9.17, 15) is 22.8 Å². The molecule has 0 aromatic heterocycles. The predicted molar refractivity (Wildman–Crippen MR) is 130 cm³/mol. The Morgan fingerprint density at radius 2 is 1.47 bits per heavy atom. The summed E-state index contributed by atoms with van der Waals surface area (Å²) in [4.78, 5) is 28.6. The third kappa shape index (κ3) is 6.42. The first kappa shape index (κ1) is 25.2. The Morgan fingerprint density at radius 1 is 0.833 bits per heavy atom. The highest BCUT2D eigenvalue weighted by Crippen LogP contribution is 2.34. The van der Waals surface area contributed by atoms with Crippen molar-refractivity contribution in [2.45, 2.75) is 6.18 Å². The van der Waals surface area contributed by atoms with Gasteiger partial charge >= 0.3 is 6.18 Å². The maximum atomic E-state index is 13.1. The zero-order valence-electron chi connectivity index (χ0n) is 19.5. The first-order valence-electron chi connectivity index (χ1n) is 11.5. The second-order valence-electron chi connectivity index (χ2n) is 8.40. The smallest absolute Gasteiger partial charge is 0.418 e. The Bertz CT molecular complexity index is 1190. The average molecular weight is 498 g/mol. The van der Waals surface area contributed by atoms with Crippen molar-refractivity contribution in [3.05, 3.63) is 84.4 Å². The lowest BCUT2D eigenvalue weighted by Crippen LogP contribution is -2.51. The lowest BCUT2D eigenvalue weighted by atomic mass is 10.1. The van der Waals surface area contributed by atoms with Gasteiger partial charge in [0.15, 0.2) is 6.61 Å². The van der Waals surface area contributed by atoms with Gasteiger partial charge in [-0.15, -0.1) is 0 Å². The Hall–Kier alpha value is -3.85. The number of benzene rings is 3. The zero-order chi connectivity index (χ0) is 25.5. The molecule has 0 aliphatic carbocycles. The van der Waals surface area contributed by atoms with Crippen LogP contribution in [-0.2, 0) is 15.8 Å². The number of hydrogen-bond acceptors (Lipinski definition) is 4. The van der Waals surface area contributed by atoms with Gasteiger partial charge in [-0.05, 0) is 23.8 Å². The van der Waals surface area contributed by atoms with Crippen molar-refractivity contribution in [2.24, 2.45) is 0 Å². The van der Waals surface area contributed by atoms with E-state index in [1.807, 2.05) is 54.6 Å². The molecule has 1 saturated heterocycles. The summed E-state index contributed by atoms with van der Waals surface area (Å²) in [5.41, 5.74) is 0.735. The number of halogens is 3. The van der Waals surface area contributed by atoms with E-state index in [4.69, 9.17) is 4.74 Å². The van der Waals surface area contributed by atoms with Gasteiger partial charge in [-0.3, -0.25) is 14.5 Å². The molecular weight excluding hydrogens is 471 g/mol. The molecule has 1 heterocycles. The van der Waals surface area contributed by atoms with E-state index < -0.39 is 17.6 Å². The number of anilines is 1. The summed E-state index contributed by atoms with van der Waals surface area (Å²) in [6.45, 7) is 1.49. The number of ether oxygens (including phenoxy) is 1. The summed E-state index contributed by atoms with van der Waals surface area (Å²) < 4.78 is 45.3. The zero-order valence-corrected chi connectivity index (χ0v) is 19.5. The minimum absolute atomic E-state index is 0.0603. The fourth-order valence-corrected chi connectivity index (χ4v) is 4.07. The van der Waals surface area contributed by atoms with E-state index in [1.165, 1.54) is 18.2 Å². The molecular formula is C27H26F3N3O3. The van der Waals surface area contributed by atoms with Gasteiger partial charge < -0.3 is 15.0 Å². The van der Waals surface area contributed by atoms with Crippen molar-refractivity contribution in [3.8, 4) is 16.9 Å². The lowest BCUT2D eigenvalue weighted by Gasteiger charge is -2.34. The first-order chi connectivity index (χ1) is 17.3. The molecule has 36 heavy (non-hydrogen) atoms. The quantitative estimate of drug-likeness (QED) is 0.521. The number of nitrogens with one attached hydrogen (secondary N) is 1. The van der Waals surface area contributed by atoms with Crippen LogP contribution in [0.3, 0.4) is 0 Å². The van der Waals surface area contributed by atoms with Crippen LogP contribution in [0.15, 0.2) is 78.9 Å². The van der Waals surface area contributed by atoms with Crippen LogP contribution in [0, 0.1) is 0 Å². The van der Waals surface area contributed by atoms with Gasteiger partial charge in [0.1, 0.15) is 5.75 Å². The van der Waals surface area contributed by atoms with Gasteiger partial charge in [0.05, 0.1) is 17.8 Å². The molecule has 0 radical (unpaired) electrons. The molecule has 3 aromatic rings. The number of hydrogen-bond donors (Lipinski definition) is 1. The molecule has 0 saturated carbocycles. The standard InChI is InChI=1S/C27H26F3N3O3/c28-27(29,30)22-11-5-6-12-23(22)31-25(34)18-32-14-16-33(17-15-32)26(35)19-36-24-13-7-4-10-21(24)20-8-2-1-3-9-20/h1-13H,14-19H2,(H,31,34). The third-order valence-corrected chi connectivity index (χ3v) is 5.92. The molecule has 1 aliphatic rings. The Balaban J connectivity index is 1.26. The molecule has 2 amide bonds.